The Kier molecular flexibility index (Phi) is 4.56. The van der Waals surface area contributed by atoms with Crippen LogP contribution in [0, 0.1) is 6.92 Å². The standard InChI is InChI=1S/C18H23NO/c1-4-18(5-2,16-9-7-6-8-10-16)17(20)15-12-11-14(3)19-13-15/h6-13,17,20H,4-5H2,1-3H3. The van der Waals surface area contributed by atoms with Gasteiger partial charge >= 0.3 is 0 Å². The number of rotatable bonds is 5. The third-order valence-electron chi connectivity index (χ3n) is 4.38. The fraction of sp³-hybridized carbons (Fsp3) is 0.389. The first-order valence-electron chi connectivity index (χ1n) is 7.30. The Bertz CT molecular complexity index is 529. The van der Waals surface area contributed by atoms with E-state index in [1.807, 2.05) is 37.3 Å². The van der Waals surface area contributed by atoms with Crippen LogP contribution in [0.4, 0.5) is 0 Å². The maximum absolute atomic E-state index is 10.9. The molecule has 1 heterocycles. The molecule has 0 radical (unpaired) electrons. The number of pyridine rings is 1. The van der Waals surface area contributed by atoms with Crippen LogP contribution in [0.1, 0.15) is 49.6 Å². The fourth-order valence-electron chi connectivity index (χ4n) is 2.93. The highest BCUT2D eigenvalue weighted by molar-refractivity contribution is 5.31. The van der Waals surface area contributed by atoms with Crippen LogP contribution in [0.3, 0.4) is 0 Å². The summed E-state index contributed by atoms with van der Waals surface area (Å²) in [6.45, 7) is 6.24. The summed E-state index contributed by atoms with van der Waals surface area (Å²) in [7, 11) is 0. The van der Waals surface area contributed by atoms with Gasteiger partial charge in [0.05, 0.1) is 6.10 Å². The number of benzene rings is 1. The molecule has 0 spiro atoms. The molecule has 1 N–H and O–H groups in total. The highest BCUT2D eigenvalue weighted by atomic mass is 16.3. The Labute approximate surface area is 121 Å². The zero-order valence-corrected chi connectivity index (χ0v) is 12.5. The lowest BCUT2D eigenvalue weighted by Crippen LogP contribution is -2.32. The molecule has 0 aliphatic rings. The van der Waals surface area contributed by atoms with Crippen LogP contribution in [0.25, 0.3) is 0 Å². The summed E-state index contributed by atoms with van der Waals surface area (Å²) in [5.41, 5.74) is 2.80. The van der Waals surface area contributed by atoms with Crippen molar-refractivity contribution in [3.05, 3.63) is 65.5 Å². The minimum Gasteiger partial charge on any atom is -0.387 e. The zero-order chi connectivity index (χ0) is 14.6. The van der Waals surface area contributed by atoms with E-state index >= 15 is 0 Å². The topological polar surface area (TPSA) is 33.1 Å². The van der Waals surface area contributed by atoms with Crippen LogP contribution >= 0.6 is 0 Å². The van der Waals surface area contributed by atoms with Gasteiger partial charge in [-0.3, -0.25) is 4.98 Å². The van der Waals surface area contributed by atoms with Crippen molar-refractivity contribution in [2.24, 2.45) is 0 Å². The molecule has 0 aliphatic carbocycles. The van der Waals surface area contributed by atoms with Gasteiger partial charge in [-0.2, -0.15) is 0 Å². The van der Waals surface area contributed by atoms with E-state index in [0.29, 0.717) is 0 Å². The summed E-state index contributed by atoms with van der Waals surface area (Å²) in [6, 6.07) is 14.2. The van der Waals surface area contributed by atoms with E-state index in [4.69, 9.17) is 0 Å². The Hall–Kier alpha value is -1.67. The number of aliphatic hydroxyl groups is 1. The van der Waals surface area contributed by atoms with Crippen LogP contribution in [0.2, 0.25) is 0 Å². The Morgan fingerprint density at radius 2 is 1.70 bits per heavy atom. The predicted octanol–water partition coefficient (Wildman–Crippen LogP) is 4.18. The minimum absolute atomic E-state index is 0.252. The highest BCUT2D eigenvalue weighted by Gasteiger charge is 2.37. The lowest BCUT2D eigenvalue weighted by atomic mass is 9.70. The van der Waals surface area contributed by atoms with Crippen molar-refractivity contribution in [1.82, 2.24) is 4.98 Å². The monoisotopic (exact) mass is 269 g/mol. The molecule has 1 unspecified atom stereocenters. The second kappa shape index (κ2) is 6.19. The molecule has 0 amide bonds. The maximum Gasteiger partial charge on any atom is 0.0901 e. The lowest BCUT2D eigenvalue weighted by molar-refractivity contribution is 0.0724. The van der Waals surface area contributed by atoms with Gasteiger partial charge in [0.1, 0.15) is 0 Å². The van der Waals surface area contributed by atoms with Gasteiger partial charge in [0.15, 0.2) is 0 Å². The summed E-state index contributed by atoms with van der Waals surface area (Å²) >= 11 is 0. The predicted molar refractivity (Wildman–Crippen MR) is 82.6 cm³/mol. The van der Waals surface area contributed by atoms with Crippen molar-refractivity contribution < 1.29 is 5.11 Å². The Morgan fingerprint density at radius 1 is 1.05 bits per heavy atom. The molecular formula is C18H23NO. The van der Waals surface area contributed by atoms with E-state index in [0.717, 1.165) is 24.1 Å². The van der Waals surface area contributed by atoms with Crippen LogP contribution in [0.15, 0.2) is 48.7 Å². The third-order valence-corrected chi connectivity index (χ3v) is 4.38. The van der Waals surface area contributed by atoms with Crippen LogP contribution < -0.4 is 0 Å². The number of hydrogen-bond donors (Lipinski definition) is 1. The van der Waals surface area contributed by atoms with Gasteiger partial charge in [0, 0.05) is 17.3 Å². The molecule has 2 aromatic rings. The van der Waals surface area contributed by atoms with Crippen molar-refractivity contribution in [3.63, 3.8) is 0 Å². The molecule has 0 aliphatic heterocycles. The van der Waals surface area contributed by atoms with Gasteiger partial charge in [-0.05, 0) is 37.0 Å². The average Bonchev–Trinajstić information content (AvgIpc) is 2.51. The summed E-state index contributed by atoms with van der Waals surface area (Å²) in [5.74, 6) is 0. The van der Waals surface area contributed by atoms with Gasteiger partial charge in [-0.25, -0.2) is 0 Å². The molecule has 1 aromatic carbocycles. The molecule has 0 bridgehead atoms. The molecular weight excluding hydrogens is 246 g/mol. The summed E-state index contributed by atoms with van der Waals surface area (Å²) in [4.78, 5) is 4.32. The van der Waals surface area contributed by atoms with E-state index in [-0.39, 0.29) is 5.41 Å². The second-order valence-electron chi connectivity index (χ2n) is 5.36. The second-order valence-corrected chi connectivity index (χ2v) is 5.36. The summed E-state index contributed by atoms with van der Waals surface area (Å²) in [6.07, 6.45) is 3.04. The average molecular weight is 269 g/mol. The lowest BCUT2D eigenvalue weighted by Gasteiger charge is -2.37. The quantitative estimate of drug-likeness (QED) is 0.883. The normalized spacial score (nSPS) is 13.2. The van der Waals surface area contributed by atoms with Crippen LogP contribution in [-0.2, 0) is 5.41 Å². The number of aromatic nitrogens is 1. The molecule has 20 heavy (non-hydrogen) atoms. The first kappa shape index (κ1) is 14.7. The number of aliphatic hydroxyl groups excluding tert-OH is 1. The van der Waals surface area contributed by atoms with E-state index < -0.39 is 6.10 Å². The molecule has 2 rings (SSSR count). The van der Waals surface area contributed by atoms with Gasteiger partial charge < -0.3 is 5.11 Å². The van der Waals surface area contributed by atoms with Crippen LogP contribution in [-0.4, -0.2) is 10.1 Å². The van der Waals surface area contributed by atoms with E-state index in [1.165, 1.54) is 5.56 Å². The molecule has 0 saturated heterocycles. The maximum atomic E-state index is 10.9. The highest BCUT2D eigenvalue weighted by Crippen LogP contribution is 2.42. The molecule has 106 valence electrons. The van der Waals surface area contributed by atoms with Crippen molar-refractivity contribution >= 4 is 0 Å². The van der Waals surface area contributed by atoms with Gasteiger partial charge in [0.2, 0.25) is 0 Å². The Morgan fingerprint density at radius 3 is 2.20 bits per heavy atom. The smallest absolute Gasteiger partial charge is 0.0901 e. The van der Waals surface area contributed by atoms with Gasteiger partial charge in [0.25, 0.3) is 0 Å². The van der Waals surface area contributed by atoms with E-state index in [1.54, 1.807) is 6.20 Å². The van der Waals surface area contributed by atoms with Crippen molar-refractivity contribution in [3.8, 4) is 0 Å². The fourth-order valence-corrected chi connectivity index (χ4v) is 2.93. The summed E-state index contributed by atoms with van der Waals surface area (Å²) in [5, 5.41) is 10.9. The molecule has 2 heteroatoms. The molecule has 1 atom stereocenters. The molecule has 0 fully saturated rings. The largest absolute Gasteiger partial charge is 0.387 e. The van der Waals surface area contributed by atoms with Crippen molar-refractivity contribution in [2.45, 2.75) is 45.1 Å². The third kappa shape index (κ3) is 2.61. The summed E-state index contributed by atoms with van der Waals surface area (Å²) < 4.78 is 0. The van der Waals surface area contributed by atoms with Gasteiger partial charge in [-0.1, -0.05) is 50.2 Å². The number of aryl methyl sites for hydroxylation is 1. The number of nitrogens with zero attached hydrogens (tertiary/aromatic N) is 1. The van der Waals surface area contributed by atoms with Crippen molar-refractivity contribution in [2.75, 3.05) is 0 Å². The first-order chi connectivity index (χ1) is 9.64. The SMILES string of the molecule is CCC(CC)(c1ccccc1)C(O)c1ccc(C)nc1. The van der Waals surface area contributed by atoms with E-state index in [2.05, 4.69) is 31.0 Å². The Balaban J connectivity index is 2.45. The first-order valence-corrected chi connectivity index (χ1v) is 7.30. The van der Waals surface area contributed by atoms with Gasteiger partial charge in [-0.15, -0.1) is 0 Å². The van der Waals surface area contributed by atoms with E-state index in [9.17, 15) is 5.11 Å². The zero-order valence-electron chi connectivity index (χ0n) is 12.5. The van der Waals surface area contributed by atoms with Crippen molar-refractivity contribution in [1.29, 1.82) is 0 Å². The molecule has 2 nitrogen and oxygen atoms in total. The molecule has 1 aromatic heterocycles. The number of hydrogen-bond acceptors (Lipinski definition) is 2. The molecule has 0 saturated carbocycles. The van der Waals surface area contributed by atoms with Crippen LogP contribution in [0.5, 0.6) is 0 Å². The minimum atomic E-state index is -0.534.